The highest BCUT2D eigenvalue weighted by atomic mass is 19.4. The normalized spacial score (nSPS) is 22.0. The number of aryl methyl sites for hydroxylation is 1. The summed E-state index contributed by atoms with van der Waals surface area (Å²) in [4.78, 5) is 26.5. The highest BCUT2D eigenvalue weighted by Gasteiger charge is 2.38. The Bertz CT molecular complexity index is 1300. The minimum Gasteiger partial charge on any atom is -0.356 e. The van der Waals surface area contributed by atoms with Crippen molar-refractivity contribution in [3.8, 4) is 11.3 Å². The minimum absolute atomic E-state index is 0.00332. The van der Waals surface area contributed by atoms with Crippen LogP contribution in [0.3, 0.4) is 0 Å². The molecule has 12 heteroatoms. The first-order chi connectivity index (χ1) is 17.4. The van der Waals surface area contributed by atoms with Crippen LogP contribution in [0.25, 0.3) is 11.3 Å². The number of carbonyl (C=O) groups excluding carboxylic acids is 1. The van der Waals surface area contributed by atoms with Gasteiger partial charge in [0.1, 0.15) is 11.3 Å². The smallest absolute Gasteiger partial charge is 0.356 e. The largest absolute Gasteiger partial charge is 0.419 e. The van der Waals surface area contributed by atoms with Crippen LogP contribution in [0.5, 0.6) is 0 Å². The zero-order valence-electron chi connectivity index (χ0n) is 21.3. The Morgan fingerprint density at radius 1 is 1.22 bits per heavy atom. The first kappa shape index (κ1) is 25.2. The molecular weight excluding hydrogens is 485 g/mol. The van der Waals surface area contributed by atoms with Gasteiger partial charge >= 0.3 is 6.18 Å². The van der Waals surface area contributed by atoms with Crippen molar-refractivity contribution in [3.63, 3.8) is 0 Å². The molecule has 2 aliphatic rings. The number of aromatic amines is 1. The highest BCUT2D eigenvalue weighted by Crippen LogP contribution is 2.40. The number of hydrogen-bond acceptors (Lipinski definition) is 6. The Balaban J connectivity index is 1.52. The molecular formula is C25H31F3N8O. The third kappa shape index (κ3) is 4.94. The number of aromatic nitrogens is 5. The lowest BCUT2D eigenvalue weighted by molar-refractivity contribution is -0.137. The lowest BCUT2D eigenvalue weighted by atomic mass is 9.91. The van der Waals surface area contributed by atoms with Gasteiger partial charge in [0.25, 0.3) is 5.91 Å². The van der Waals surface area contributed by atoms with Gasteiger partial charge in [0.05, 0.1) is 17.6 Å². The maximum absolute atomic E-state index is 14.0. The number of amides is 1. The van der Waals surface area contributed by atoms with Crippen molar-refractivity contribution < 1.29 is 18.0 Å². The molecule has 37 heavy (non-hydrogen) atoms. The van der Waals surface area contributed by atoms with E-state index in [9.17, 15) is 18.0 Å². The summed E-state index contributed by atoms with van der Waals surface area (Å²) < 4.78 is 43.7. The second kappa shape index (κ2) is 9.16. The number of rotatable bonds is 4. The number of piperidine rings is 1. The molecule has 2 aliphatic heterocycles. The van der Waals surface area contributed by atoms with Crippen LogP contribution in [0.1, 0.15) is 61.6 Å². The van der Waals surface area contributed by atoms with Crippen LogP contribution in [-0.2, 0) is 19.6 Å². The lowest BCUT2D eigenvalue weighted by Gasteiger charge is -2.36. The summed E-state index contributed by atoms with van der Waals surface area (Å²) in [6.45, 7) is 6.81. The van der Waals surface area contributed by atoms with Crippen molar-refractivity contribution >= 4 is 17.5 Å². The molecule has 5 rings (SSSR count). The maximum atomic E-state index is 14.0. The van der Waals surface area contributed by atoms with E-state index >= 15 is 0 Å². The molecule has 3 aromatic rings. The molecule has 5 heterocycles. The Kier molecular flexibility index (Phi) is 6.25. The van der Waals surface area contributed by atoms with E-state index in [0.717, 1.165) is 19.0 Å². The number of fused-ring (bicyclic) bond motifs is 1. The zero-order chi connectivity index (χ0) is 26.5. The van der Waals surface area contributed by atoms with Gasteiger partial charge in [-0.2, -0.15) is 18.3 Å². The van der Waals surface area contributed by atoms with Crippen LogP contribution in [0.4, 0.5) is 24.8 Å². The Morgan fingerprint density at radius 3 is 2.65 bits per heavy atom. The van der Waals surface area contributed by atoms with E-state index < -0.39 is 11.7 Å². The fourth-order valence-electron chi connectivity index (χ4n) is 5.12. The molecule has 0 spiro atoms. The van der Waals surface area contributed by atoms with E-state index in [1.165, 1.54) is 6.20 Å². The van der Waals surface area contributed by atoms with Crippen LogP contribution in [-0.4, -0.2) is 54.8 Å². The number of halogens is 3. The van der Waals surface area contributed by atoms with Crippen LogP contribution in [0.15, 0.2) is 24.8 Å². The molecule has 3 aromatic heterocycles. The van der Waals surface area contributed by atoms with Crippen molar-refractivity contribution in [2.45, 2.75) is 70.3 Å². The molecule has 3 N–H and O–H groups in total. The predicted octanol–water partition coefficient (Wildman–Crippen LogP) is 4.15. The number of H-pyrrole nitrogens is 1. The average Bonchev–Trinajstić information content (AvgIpc) is 3.42. The van der Waals surface area contributed by atoms with Gasteiger partial charge in [-0.15, -0.1) is 0 Å². The number of carbonyl (C=O) groups is 1. The summed E-state index contributed by atoms with van der Waals surface area (Å²) in [5, 5.41) is 10.8. The molecule has 9 nitrogen and oxygen atoms in total. The number of hydrogen-bond donors (Lipinski definition) is 3. The molecule has 0 aromatic carbocycles. The van der Waals surface area contributed by atoms with Crippen molar-refractivity contribution in [1.82, 2.24) is 30.0 Å². The molecule has 1 saturated heterocycles. The molecule has 198 valence electrons. The third-order valence-corrected chi connectivity index (χ3v) is 7.27. The molecule has 0 bridgehead atoms. The first-order valence-corrected chi connectivity index (χ1v) is 12.4. The van der Waals surface area contributed by atoms with Crippen molar-refractivity contribution in [2.75, 3.05) is 16.8 Å². The fourth-order valence-corrected chi connectivity index (χ4v) is 5.12. The van der Waals surface area contributed by atoms with Gasteiger partial charge in [-0.25, -0.2) is 9.97 Å². The first-order valence-electron chi connectivity index (χ1n) is 12.4. The molecule has 0 saturated carbocycles. The maximum Gasteiger partial charge on any atom is 0.419 e. The van der Waals surface area contributed by atoms with Crippen molar-refractivity contribution in [1.29, 1.82) is 0 Å². The van der Waals surface area contributed by atoms with Gasteiger partial charge in [0, 0.05) is 55.4 Å². The molecule has 2 atom stereocenters. The second-order valence-electron chi connectivity index (χ2n) is 10.6. The third-order valence-electron chi connectivity index (χ3n) is 7.27. The van der Waals surface area contributed by atoms with Crippen LogP contribution in [0.2, 0.25) is 0 Å². The number of anilines is 2. The van der Waals surface area contributed by atoms with E-state index in [2.05, 4.69) is 44.5 Å². The zero-order valence-corrected chi connectivity index (χ0v) is 21.3. The van der Waals surface area contributed by atoms with E-state index in [4.69, 9.17) is 0 Å². The van der Waals surface area contributed by atoms with Gasteiger partial charge in [-0.3, -0.25) is 9.48 Å². The summed E-state index contributed by atoms with van der Waals surface area (Å²) in [5.41, 5.74) is 0.545. The standard InChI is InChI=1S/C25H31F3N8O/c1-14-5-6-17-18(11-29-21(17)22(37)36(14)16-10-32-35(4)13-16)20-19(25(26,27)28)12-30-23(34-20)33-15-7-8-24(2,3)31-9-15/h10-15,29,31H,5-9H2,1-4H3,(H,30,33,34)/t14-,15-/m0/s1. The van der Waals surface area contributed by atoms with Gasteiger partial charge in [-0.1, -0.05) is 0 Å². The SMILES string of the molecule is C[C@H]1CCc2c(-c3nc(N[C@H]4CCC(C)(C)NC4)ncc3C(F)(F)F)c[nH]c2C(=O)N1c1cnn(C)c1. The van der Waals surface area contributed by atoms with E-state index in [0.29, 0.717) is 30.6 Å². The molecule has 1 amide bonds. The van der Waals surface area contributed by atoms with Crippen molar-refractivity contribution in [3.05, 3.63) is 41.6 Å². The van der Waals surface area contributed by atoms with Crippen LogP contribution < -0.4 is 15.5 Å². The van der Waals surface area contributed by atoms with E-state index in [1.54, 1.807) is 29.0 Å². The summed E-state index contributed by atoms with van der Waals surface area (Å²) in [7, 11) is 1.76. The topological polar surface area (TPSA) is 104 Å². The van der Waals surface area contributed by atoms with Gasteiger partial charge < -0.3 is 20.5 Å². The predicted molar refractivity (Wildman–Crippen MR) is 133 cm³/mol. The Hall–Kier alpha value is -3.41. The quantitative estimate of drug-likeness (QED) is 0.482. The van der Waals surface area contributed by atoms with Gasteiger partial charge in [0.15, 0.2) is 0 Å². The Labute approximate surface area is 212 Å². The van der Waals surface area contributed by atoms with Crippen LogP contribution in [0, 0.1) is 0 Å². The summed E-state index contributed by atoms with van der Waals surface area (Å²) in [5.74, 6) is -0.175. The number of nitrogens with zero attached hydrogens (tertiary/aromatic N) is 5. The van der Waals surface area contributed by atoms with Crippen molar-refractivity contribution in [2.24, 2.45) is 7.05 Å². The van der Waals surface area contributed by atoms with Crippen LogP contribution >= 0.6 is 0 Å². The lowest BCUT2D eigenvalue weighted by Crippen LogP contribution is -2.50. The monoisotopic (exact) mass is 516 g/mol. The minimum atomic E-state index is -4.65. The average molecular weight is 517 g/mol. The second-order valence-corrected chi connectivity index (χ2v) is 10.6. The molecule has 0 unspecified atom stereocenters. The summed E-state index contributed by atoms with van der Waals surface area (Å²) in [6, 6.07) is -0.172. The van der Waals surface area contributed by atoms with Gasteiger partial charge in [-0.05, 0) is 52.0 Å². The van der Waals surface area contributed by atoms with E-state index in [-0.39, 0.29) is 46.4 Å². The molecule has 0 radical (unpaired) electrons. The highest BCUT2D eigenvalue weighted by molar-refractivity contribution is 6.07. The number of nitrogens with one attached hydrogen (secondary N) is 3. The summed E-state index contributed by atoms with van der Waals surface area (Å²) >= 11 is 0. The fraction of sp³-hybridized carbons (Fsp3) is 0.520. The van der Waals surface area contributed by atoms with E-state index in [1.807, 2.05) is 6.92 Å². The Morgan fingerprint density at radius 2 is 2.00 bits per heavy atom. The molecule has 0 aliphatic carbocycles. The molecule has 1 fully saturated rings. The van der Waals surface area contributed by atoms with Gasteiger partial charge in [0.2, 0.25) is 5.95 Å². The number of alkyl halides is 3. The summed E-state index contributed by atoms with van der Waals surface area (Å²) in [6.07, 6.45) is 3.72.